The number of benzene rings is 2. The van der Waals surface area contributed by atoms with Gasteiger partial charge in [0.2, 0.25) is 0 Å². The van der Waals surface area contributed by atoms with E-state index in [1.807, 2.05) is 37.3 Å². The van der Waals surface area contributed by atoms with Crippen molar-refractivity contribution in [3.8, 4) is 11.5 Å². The minimum absolute atomic E-state index is 0.0155. The number of nitrogens with zero attached hydrogens (tertiary/aromatic N) is 1. The number of aliphatic hydroxyl groups excluding tert-OH is 1. The van der Waals surface area contributed by atoms with Crippen LogP contribution in [0, 0.1) is 0 Å². The number of fused-ring (bicyclic) bond motifs is 1. The summed E-state index contributed by atoms with van der Waals surface area (Å²) in [7, 11) is 0. The third-order valence-corrected chi connectivity index (χ3v) is 3.69. The van der Waals surface area contributed by atoms with Crippen LogP contribution in [0.3, 0.4) is 0 Å². The Labute approximate surface area is 135 Å². The number of amides is 1. The van der Waals surface area contributed by atoms with Gasteiger partial charge in [0.15, 0.2) is 18.1 Å². The Morgan fingerprint density at radius 3 is 2.70 bits per heavy atom. The van der Waals surface area contributed by atoms with Crippen LogP contribution in [-0.2, 0) is 17.9 Å². The summed E-state index contributed by atoms with van der Waals surface area (Å²) < 4.78 is 11.2. The maximum absolute atomic E-state index is 12.3. The molecule has 1 heterocycles. The summed E-state index contributed by atoms with van der Waals surface area (Å²) >= 11 is 0. The second-order valence-electron chi connectivity index (χ2n) is 5.29. The quantitative estimate of drug-likeness (QED) is 0.921. The van der Waals surface area contributed by atoms with Gasteiger partial charge >= 0.3 is 0 Å². The highest BCUT2D eigenvalue weighted by Gasteiger charge is 2.29. The zero-order valence-electron chi connectivity index (χ0n) is 13.0. The molecule has 0 atom stereocenters. The number of rotatable bonds is 5. The topological polar surface area (TPSA) is 59.0 Å². The van der Waals surface area contributed by atoms with Crippen molar-refractivity contribution in [1.29, 1.82) is 0 Å². The van der Waals surface area contributed by atoms with Gasteiger partial charge in [0.05, 0.1) is 25.4 Å². The number of hydrogen-bond acceptors (Lipinski definition) is 4. The van der Waals surface area contributed by atoms with Crippen LogP contribution in [0.25, 0.3) is 0 Å². The van der Waals surface area contributed by atoms with E-state index in [2.05, 4.69) is 0 Å². The molecular weight excluding hydrogens is 294 g/mol. The van der Waals surface area contributed by atoms with Crippen molar-refractivity contribution in [2.45, 2.75) is 20.1 Å². The van der Waals surface area contributed by atoms with E-state index in [0.717, 1.165) is 5.56 Å². The molecule has 23 heavy (non-hydrogen) atoms. The summed E-state index contributed by atoms with van der Waals surface area (Å²) in [6, 6.07) is 13.3. The van der Waals surface area contributed by atoms with E-state index < -0.39 is 0 Å². The molecule has 2 aromatic carbocycles. The predicted molar refractivity (Wildman–Crippen MR) is 86.7 cm³/mol. The lowest BCUT2D eigenvalue weighted by Gasteiger charge is -2.31. The summed E-state index contributed by atoms with van der Waals surface area (Å²) in [5.74, 6) is 0.998. The molecule has 0 fully saturated rings. The van der Waals surface area contributed by atoms with Gasteiger partial charge in [-0.25, -0.2) is 0 Å². The van der Waals surface area contributed by atoms with Gasteiger partial charge in [-0.2, -0.15) is 0 Å². The van der Waals surface area contributed by atoms with E-state index >= 15 is 0 Å². The SMILES string of the molecule is CCOc1cc(CO)cc2c1OCC(=O)N2Cc1ccccc1. The predicted octanol–water partition coefficient (Wildman–Crippen LogP) is 2.50. The highest BCUT2D eigenvalue weighted by atomic mass is 16.5. The first-order valence-electron chi connectivity index (χ1n) is 7.60. The Bertz CT molecular complexity index is 700. The van der Waals surface area contributed by atoms with Crippen molar-refractivity contribution in [2.75, 3.05) is 18.1 Å². The molecule has 0 radical (unpaired) electrons. The number of hydrogen-bond donors (Lipinski definition) is 1. The number of ether oxygens (including phenoxy) is 2. The van der Waals surface area contributed by atoms with Crippen LogP contribution in [0.4, 0.5) is 5.69 Å². The van der Waals surface area contributed by atoms with Crippen LogP contribution >= 0.6 is 0 Å². The van der Waals surface area contributed by atoms with Gasteiger partial charge in [0, 0.05) is 0 Å². The average molecular weight is 313 g/mol. The molecule has 0 bridgehead atoms. The van der Waals surface area contributed by atoms with Gasteiger partial charge in [-0.3, -0.25) is 4.79 Å². The van der Waals surface area contributed by atoms with E-state index in [9.17, 15) is 9.90 Å². The molecular formula is C18H19NO4. The van der Waals surface area contributed by atoms with Crippen LogP contribution in [0.15, 0.2) is 42.5 Å². The van der Waals surface area contributed by atoms with Gasteiger partial charge in [-0.05, 0) is 30.2 Å². The van der Waals surface area contributed by atoms with E-state index in [4.69, 9.17) is 9.47 Å². The minimum atomic E-state index is -0.124. The Kier molecular flexibility index (Phi) is 4.48. The van der Waals surface area contributed by atoms with Crippen molar-refractivity contribution in [3.63, 3.8) is 0 Å². The summed E-state index contributed by atoms with van der Waals surface area (Å²) in [5, 5.41) is 9.47. The molecule has 1 aliphatic heterocycles. The number of aliphatic hydroxyl groups is 1. The Balaban J connectivity index is 2.02. The molecule has 120 valence electrons. The maximum atomic E-state index is 12.3. The van der Waals surface area contributed by atoms with Crippen LogP contribution < -0.4 is 14.4 Å². The van der Waals surface area contributed by atoms with Gasteiger partial charge in [0.1, 0.15) is 0 Å². The van der Waals surface area contributed by atoms with E-state index in [1.165, 1.54) is 0 Å². The molecule has 1 aliphatic rings. The normalized spacial score (nSPS) is 13.5. The lowest BCUT2D eigenvalue weighted by molar-refractivity contribution is -0.121. The van der Waals surface area contributed by atoms with Crippen molar-refractivity contribution >= 4 is 11.6 Å². The van der Waals surface area contributed by atoms with Crippen LogP contribution in [0.1, 0.15) is 18.1 Å². The number of anilines is 1. The third kappa shape index (κ3) is 3.14. The molecule has 0 unspecified atom stereocenters. The Morgan fingerprint density at radius 1 is 1.22 bits per heavy atom. The standard InChI is InChI=1S/C18H19NO4/c1-2-22-16-9-14(11-20)8-15-18(16)23-12-17(21)19(15)10-13-6-4-3-5-7-13/h3-9,20H,2,10-12H2,1H3. The summed E-state index contributed by atoms with van der Waals surface area (Å²) in [6.45, 7) is 2.68. The minimum Gasteiger partial charge on any atom is -0.490 e. The number of carbonyl (C=O) groups excluding carboxylic acids is 1. The highest BCUT2D eigenvalue weighted by Crippen LogP contribution is 2.42. The molecule has 0 spiro atoms. The van der Waals surface area contributed by atoms with Gasteiger partial charge in [-0.1, -0.05) is 30.3 Å². The van der Waals surface area contributed by atoms with E-state index in [1.54, 1.807) is 17.0 Å². The van der Waals surface area contributed by atoms with E-state index in [0.29, 0.717) is 35.9 Å². The van der Waals surface area contributed by atoms with Crippen LogP contribution in [-0.4, -0.2) is 24.2 Å². The number of carbonyl (C=O) groups is 1. The fourth-order valence-corrected chi connectivity index (χ4v) is 2.63. The molecule has 5 nitrogen and oxygen atoms in total. The Hall–Kier alpha value is -2.53. The average Bonchev–Trinajstić information content (AvgIpc) is 2.58. The summed E-state index contributed by atoms with van der Waals surface area (Å²) in [6.07, 6.45) is 0. The van der Waals surface area contributed by atoms with E-state index in [-0.39, 0.29) is 19.1 Å². The second-order valence-corrected chi connectivity index (χ2v) is 5.29. The van der Waals surface area contributed by atoms with Crippen LogP contribution in [0.5, 0.6) is 11.5 Å². The van der Waals surface area contributed by atoms with Gasteiger partial charge in [-0.15, -0.1) is 0 Å². The fourth-order valence-electron chi connectivity index (χ4n) is 2.63. The zero-order valence-corrected chi connectivity index (χ0v) is 13.0. The van der Waals surface area contributed by atoms with Crippen molar-refractivity contribution < 1.29 is 19.4 Å². The highest BCUT2D eigenvalue weighted by molar-refractivity contribution is 5.98. The lowest BCUT2D eigenvalue weighted by atomic mass is 10.1. The summed E-state index contributed by atoms with van der Waals surface area (Å²) in [5.41, 5.74) is 2.35. The van der Waals surface area contributed by atoms with Gasteiger partial charge in [0.25, 0.3) is 5.91 Å². The maximum Gasteiger partial charge on any atom is 0.265 e. The molecule has 2 aromatic rings. The molecule has 1 amide bonds. The van der Waals surface area contributed by atoms with Crippen molar-refractivity contribution in [3.05, 3.63) is 53.6 Å². The molecule has 1 N–H and O–H groups in total. The first kappa shape index (κ1) is 15.4. The second kappa shape index (κ2) is 6.71. The molecule has 0 saturated carbocycles. The summed E-state index contributed by atoms with van der Waals surface area (Å²) in [4.78, 5) is 14.0. The van der Waals surface area contributed by atoms with Crippen molar-refractivity contribution in [2.24, 2.45) is 0 Å². The third-order valence-electron chi connectivity index (χ3n) is 3.69. The largest absolute Gasteiger partial charge is 0.490 e. The van der Waals surface area contributed by atoms with Gasteiger partial charge < -0.3 is 19.5 Å². The Morgan fingerprint density at radius 2 is 2.00 bits per heavy atom. The first-order chi connectivity index (χ1) is 11.2. The van der Waals surface area contributed by atoms with Crippen molar-refractivity contribution in [1.82, 2.24) is 0 Å². The zero-order chi connectivity index (χ0) is 16.2. The smallest absolute Gasteiger partial charge is 0.265 e. The fraction of sp³-hybridized carbons (Fsp3) is 0.278. The molecule has 5 heteroatoms. The van der Waals surface area contributed by atoms with Crippen LogP contribution in [0.2, 0.25) is 0 Å². The molecule has 0 aromatic heterocycles. The monoisotopic (exact) mass is 313 g/mol. The first-order valence-corrected chi connectivity index (χ1v) is 7.60. The molecule has 3 rings (SSSR count). The lowest BCUT2D eigenvalue weighted by Crippen LogP contribution is -2.38. The molecule has 0 saturated heterocycles. The molecule has 0 aliphatic carbocycles.